The molecule has 2 rings (SSSR count). The number of aromatic nitrogens is 1. The average molecular weight is 323 g/mol. The monoisotopic (exact) mass is 323 g/mol. The minimum absolute atomic E-state index is 0.0195. The van der Waals surface area contributed by atoms with E-state index in [0.717, 1.165) is 16.6 Å². The van der Waals surface area contributed by atoms with E-state index >= 15 is 0 Å². The highest BCUT2D eigenvalue weighted by Gasteiger charge is 2.20. The van der Waals surface area contributed by atoms with Crippen molar-refractivity contribution in [3.05, 3.63) is 30.0 Å². The summed E-state index contributed by atoms with van der Waals surface area (Å²) in [4.78, 5) is 6.02. The maximum atomic E-state index is 12.4. The van der Waals surface area contributed by atoms with Crippen molar-refractivity contribution in [3.8, 4) is 0 Å². The van der Waals surface area contributed by atoms with Crippen LogP contribution in [-0.2, 0) is 10.0 Å². The molecule has 0 spiro atoms. The number of nitrogens with zero attached hydrogens (tertiary/aromatic N) is 2. The Morgan fingerprint density at radius 2 is 1.95 bits per heavy atom. The lowest BCUT2D eigenvalue weighted by atomic mass is 10.1. The van der Waals surface area contributed by atoms with E-state index < -0.39 is 10.0 Å². The van der Waals surface area contributed by atoms with Gasteiger partial charge >= 0.3 is 0 Å². The lowest BCUT2D eigenvalue weighted by molar-refractivity contribution is 0.289. The van der Waals surface area contributed by atoms with E-state index in [4.69, 9.17) is 5.11 Å². The number of anilines is 1. The topological polar surface area (TPSA) is 82.5 Å². The highest BCUT2D eigenvalue weighted by molar-refractivity contribution is 7.89. The SMILES string of the molecule is Cc1ccc2c(S(=O)(=O)NCCCO)nccc2c1N(C)C. The molecule has 0 radical (unpaired) electrons. The van der Waals surface area contributed by atoms with Gasteiger partial charge in [0.05, 0.1) is 0 Å². The van der Waals surface area contributed by atoms with Crippen LogP contribution in [0, 0.1) is 6.92 Å². The number of fused-ring (bicyclic) bond motifs is 1. The molecule has 1 heterocycles. The number of benzene rings is 1. The molecule has 2 aromatic rings. The fraction of sp³-hybridized carbons (Fsp3) is 0.400. The Kier molecular flexibility index (Phi) is 5.00. The summed E-state index contributed by atoms with van der Waals surface area (Å²) in [7, 11) is 0.148. The Morgan fingerprint density at radius 1 is 1.23 bits per heavy atom. The first-order valence-corrected chi connectivity index (χ1v) is 8.53. The van der Waals surface area contributed by atoms with Gasteiger partial charge in [-0.2, -0.15) is 0 Å². The predicted octanol–water partition coefficient (Wildman–Crippen LogP) is 1.27. The van der Waals surface area contributed by atoms with E-state index in [9.17, 15) is 8.42 Å². The predicted molar refractivity (Wildman–Crippen MR) is 87.7 cm³/mol. The number of rotatable bonds is 6. The molecule has 0 atom stereocenters. The van der Waals surface area contributed by atoms with Crippen LogP contribution in [0.1, 0.15) is 12.0 Å². The zero-order valence-corrected chi connectivity index (χ0v) is 13.8. The van der Waals surface area contributed by atoms with Crippen LogP contribution in [-0.4, -0.2) is 45.8 Å². The van der Waals surface area contributed by atoms with Crippen molar-refractivity contribution >= 4 is 26.5 Å². The fourth-order valence-electron chi connectivity index (χ4n) is 2.48. The van der Waals surface area contributed by atoms with Crippen LogP contribution in [0.15, 0.2) is 29.4 Å². The third-order valence-electron chi connectivity index (χ3n) is 3.41. The van der Waals surface area contributed by atoms with Gasteiger partial charge in [-0.25, -0.2) is 18.1 Å². The summed E-state index contributed by atoms with van der Waals surface area (Å²) in [5.41, 5.74) is 2.05. The summed E-state index contributed by atoms with van der Waals surface area (Å²) in [5, 5.41) is 10.2. The molecule has 7 heteroatoms. The van der Waals surface area contributed by atoms with Crippen LogP contribution < -0.4 is 9.62 Å². The van der Waals surface area contributed by atoms with Crippen LogP contribution in [0.4, 0.5) is 5.69 Å². The number of aryl methyl sites for hydroxylation is 1. The zero-order chi connectivity index (χ0) is 16.3. The largest absolute Gasteiger partial charge is 0.396 e. The van der Waals surface area contributed by atoms with Gasteiger partial charge < -0.3 is 10.0 Å². The second kappa shape index (κ2) is 6.60. The van der Waals surface area contributed by atoms with Crippen molar-refractivity contribution in [1.29, 1.82) is 0 Å². The molecule has 1 aromatic heterocycles. The highest BCUT2D eigenvalue weighted by atomic mass is 32.2. The van der Waals surface area contributed by atoms with Crippen molar-refractivity contribution in [1.82, 2.24) is 9.71 Å². The zero-order valence-electron chi connectivity index (χ0n) is 13.0. The van der Waals surface area contributed by atoms with Crippen molar-refractivity contribution in [2.75, 3.05) is 32.1 Å². The molecule has 0 saturated heterocycles. The van der Waals surface area contributed by atoms with Crippen LogP contribution >= 0.6 is 0 Å². The van der Waals surface area contributed by atoms with Gasteiger partial charge in [-0.3, -0.25) is 0 Å². The number of nitrogens with one attached hydrogen (secondary N) is 1. The molecule has 0 fully saturated rings. The average Bonchev–Trinajstić information content (AvgIpc) is 2.46. The van der Waals surface area contributed by atoms with Gasteiger partial charge in [-0.05, 0) is 25.0 Å². The number of pyridine rings is 1. The molecule has 2 N–H and O–H groups in total. The van der Waals surface area contributed by atoms with Crippen LogP contribution in [0.2, 0.25) is 0 Å². The quantitative estimate of drug-likeness (QED) is 0.782. The maximum Gasteiger partial charge on any atom is 0.258 e. The van der Waals surface area contributed by atoms with Gasteiger partial charge in [0.2, 0.25) is 0 Å². The Bertz CT molecular complexity index is 773. The second-order valence-electron chi connectivity index (χ2n) is 5.31. The number of hydrogen-bond donors (Lipinski definition) is 2. The van der Waals surface area contributed by atoms with E-state index in [-0.39, 0.29) is 18.2 Å². The first-order valence-electron chi connectivity index (χ1n) is 7.04. The standard InChI is InChI=1S/C15H21N3O3S/c1-11-5-6-13-12(14(11)18(2)3)7-9-16-15(13)22(20,21)17-8-4-10-19/h5-7,9,17,19H,4,8,10H2,1-3H3. The molecule has 6 nitrogen and oxygen atoms in total. The molecule has 0 saturated carbocycles. The minimum Gasteiger partial charge on any atom is -0.396 e. The molecule has 0 unspecified atom stereocenters. The van der Waals surface area contributed by atoms with Gasteiger partial charge in [0.25, 0.3) is 10.0 Å². The van der Waals surface area contributed by atoms with E-state index in [1.807, 2.05) is 38.1 Å². The normalized spacial score (nSPS) is 11.8. The molecule has 1 aromatic carbocycles. The second-order valence-corrected chi connectivity index (χ2v) is 6.99. The summed E-state index contributed by atoms with van der Waals surface area (Å²) in [6.45, 7) is 2.11. The minimum atomic E-state index is -3.71. The van der Waals surface area contributed by atoms with Crippen molar-refractivity contribution < 1.29 is 13.5 Å². The van der Waals surface area contributed by atoms with Crippen molar-refractivity contribution in [2.24, 2.45) is 0 Å². The smallest absolute Gasteiger partial charge is 0.258 e. The molecule has 0 aliphatic carbocycles. The Hall–Kier alpha value is -1.70. The third-order valence-corrected chi connectivity index (χ3v) is 4.83. The number of sulfonamides is 1. The van der Waals surface area contributed by atoms with E-state index in [1.54, 1.807) is 6.07 Å². The summed E-state index contributed by atoms with van der Waals surface area (Å²) >= 11 is 0. The number of aliphatic hydroxyl groups is 1. The molecule has 120 valence electrons. The lowest BCUT2D eigenvalue weighted by Gasteiger charge is -2.19. The Balaban J connectivity index is 2.59. The first-order chi connectivity index (χ1) is 10.4. The molecule has 0 bridgehead atoms. The fourth-order valence-corrected chi connectivity index (χ4v) is 3.70. The van der Waals surface area contributed by atoms with Crippen LogP contribution in [0.25, 0.3) is 10.8 Å². The van der Waals surface area contributed by atoms with Gasteiger partial charge in [0, 0.05) is 49.9 Å². The highest BCUT2D eigenvalue weighted by Crippen LogP contribution is 2.31. The van der Waals surface area contributed by atoms with E-state index in [2.05, 4.69) is 9.71 Å². The lowest BCUT2D eigenvalue weighted by Crippen LogP contribution is -2.26. The summed E-state index contributed by atoms with van der Waals surface area (Å²) in [6.07, 6.45) is 1.88. The molecule has 0 amide bonds. The molecule has 0 aliphatic rings. The molecule has 0 aliphatic heterocycles. The summed E-state index contributed by atoms with van der Waals surface area (Å²) < 4.78 is 27.3. The first kappa shape index (κ1) is 16.7. The number of hydrogen-bond acceptors (Lipinski definition) is 5. The van der Waals surface area contributed by atoms with Crippen LogP contribution in [0.3, 0.4) is 0 Å². The Morgan fingerprint density at radius 3 is 2.59 bits per heavy atom. The maximum absolute atomic E-state index is 12.4. The molecular weight excluding hydrogens is 302 g/mol. The molecule has 22 heavy (non-hydrogen) atoms. The summed E-state index contributed by atoms with van der Waals surface area (Å²) in [6, 6.07) is 5.50. The van der Waals surface area contributed by atoms with Crippen molar-refractivity contribution in [3.63, 3.8) is 0 Å². The van der Waals surface area contributed by atoms with Crippen molar-refractivity contribution in [2.45, 2.75) is 18.4 Å². The van der Waals surface area contributed by atoms with E-state index in [1.165, 1.54) is 6.20 Å². The Labute approximate surface area is 130 Å². The number of aliphatic hydroxyl groups excluding tert-OH is 1. The third kappa shape index (κ3) is 3.21. The van der Waals surface area contributed by atoms with Gasteiger partial charge in [-0.1, -0.05) is 12.1 Å². The van der Waals surface area contributed by atoms with Gasteiger partial charge in [0.1, 0.15) is 0 Å². The van der Waals surface area contributed by atoms with E-state index in [0.29, 0.717) is 11.8 Å². The van der Waals surface area contributed by atoms with Gasteiger partial charge in [0.15, 0.2) is 5.03 Å². The van der Waals surface area contributed by atoms with Gasteiger partial charge in [-0.15, -0.1) is 0 Å². The summed E-state index contributed by atoms with van der Waals surface area (Å²) in [5.74, 6) is 0. The van der Waals surface area contributed by atoms with Crippen LogP contribution in [0.5, 0.6) is 0 Å². The molecular formula is C15H21N3O3S.